The maximum Gasteiger partial charge on any atom is 0.0581 e. The summed E-state index contributed by atoms with van der Waals surface area (Å²) in [4.78, 5) is 0. The van der Waals surface area contributed by atoms with Crippen LogP contribution in [0.2, 0.25) is 0 Å². The highest BCUT2D eigenvalue weighted by atomic mass is 16.3. The molecule has 0 radical (unpaired) electrons. The Kier molecular flexibility index (Phi) is 6.16. The second-order valence-corrected chi connectivity index (χ2v) is 4.41. The fourth-order valence-electron chi connectivity index (χ4n) is 1.87. The molecule has 1 heterocycles. The third kappa shape index (κ3) is 4.79. The molecule has 0 bridgehead atoms. The fraction of sp³-hybridized carbons (Fsp3) is 0.769. The van der Waals surface area contributed by atoms with Crippen molar-refractivity contribution in [1.82, 2.24) is 9.78 Å². The van der Waals surface area contributed by atoms with Gasteiger partial charge in [-0.1, -0.05) is 32.6 Å². The lowest BCUT2D eigenvalue weighted by Gasteiger charge is -2.08. The molecule has 1 unspecified atom stereocenters. The van der Waals surface area contributed by atoms with E-state index < -0.39 is 0 Å². The highest BCUT2D eigenvalue weighted by Gasteiger charge is 2.06. The molecule has 0 aliphatic carbocycles. The number of aliphatic hydroxyl groups is 1. The van der Waals surface area contributed by atoms with Crippen molar-refractivity contribution in [2.24, 2.45) is 0 Å². The van der Waals surface area contributed by atoms with Gasteiger partial charge in [0.1, 0.15) is 0 Å². The minimum absolute atomic E-state index is 0.202. The Hall–Kier alpha value is -0.830. The van der Waals surface area contributed by atoms with Gasteiger partial charge in [-0.05, 0) is 18.9 Å². The van der Waals surface area contributed by atoms with Crippen LogP contribution in [-0.4, -0.2) is 21.0 Å². The molecule has 92 valence electrons. The van der Waals surface area contributed by atoms with E-state index in [2.05, 4.69) is 18.9 Å². The predicted molar refractivity (Wildman–Crippen MR) is 66.4 cm³/mol. The van der Waals surface area contributed by atoms with E-state index in [1.807, 2.05) is 17.1 Å². The summed E-state index contributed by atoms with van der Waals surface area (Å²) in [5, 5.41) is 14.0. The van der Waals surface area contributed by atoms with E-state index in [9.17, 15) is 5.11 Å². The van der Waals surface area contributed by atoms with E-state index in [-0.39, 0.29) is 6.10 Å². The predicted octanol–water partition coefficient (Wildman–Crippen LogP) is 2.78. The zero-order valence-corrected chi connectivity index (χ0v) is 10.5. The van der Waals surface area contributed by atoms with E-state index >= 15 is 0 Å². The molecule has 1 atom stereocenters. The summed E-state index contributed by atoms with van der Waals surface area (Å²) in [6.45, 7) is 5.17. The quantitative estimate of drug-likeness (QED) is 0.689. The SMILES string of the molecule is CCCCCCC(O)Cc1cnn(CC)c1. The number of hydrogen-bond acceptors (Lipinski definition) is 2. The Bertz CT molecular complexity index is 283. The van der Waals surface area contributed by atoms with Crippen molar-refractivity contribution in [3.05, 3.63) is 18.0 Å². The van der Waals surface area contributed by atoms with Gasteiger partial charge in [0.15, 0.2) is 0 Å². The molecule has 0 spiro atoms. The molecule has 16 heavy (non-hydrogen) atoms. The monoisotopic (exact) mass is 224 g/mol. The van der Waals surface area contributed by atoms with Crippen LogP contribution in [0, 0.1) is 0 Å². The molecule has 0 aliphatic heterocycles. The van der Waals surface area contributed by atoms with Gasteiger partial charge in [-0.3, -0.25) is 4.68 Å². The van der Waals surface area contributed by atoms with Crippen LogP contribution in [0.4, 0.5) is 0 Å². The van der Waals surface area contributed by atoms with E-state index in [0.29, 0.717) is 0 Å². The number of nitrogens with zero attached hydrogens (tertiary/aromatic N) is 2. The summed E-state index contributed by atoms with van der Waals surface area (Å²) in [7, 11) is 0. The summed E-state index contributed by atoms with van der Waals surface area (Å²) in [6, 6.07) is 0. The van der Waals surface area contributed by atoms with Gasteiger partial charge in [0, 0.05) is 19.2 Å². The van der Waals surface area contributed by atoms with E-state index in [1.165, 1.54) is 19.3 Å². The topological polar surface area (TPSA) is 38.1 Å². The van der Waals surface area contributed by atoms with Gasteiger partial charge in [-0.2, -0.15) is 5.10 Å². The highest BCUT2D eigenvalue weighted by Crippen LogP contribution is 2.10. The zero-order valence-electron chi connectivity index (χ0n) is 10.5. The average Bonchev–Trinajstić information content (AvgIpc) is 2.72. The van der Waals surface area contributed by atoms with Gasteiger partial charge in [0.2, 0.25) is 0 Å². The maximum atomic E-state index is 9.85. The highest BCUT2D eigenvalue weighted by molar-refractivity contribution is 5.05. The lowest BCUT2D eigenvalue weighted by Crippen LogP contribution is -2.09. The Balaban J connectivity index is 2.20. The number of unbranched alkanes of at least 4 members (excludes halogenated alkanes) is 3. The maximum absolute atomic E-state index is 9.85. The van der Waals surface area contributed by atoms with Crippen molar-refractivity contribution in [2.75, 3.05) is 0 Å². The first-order chi connectivity index (χ1) is 7.76. The summed E-state index contributed by atoms with van der Waals surface area (Å²) < 4.78 is 1.90. The fourth-order valence-corrected chi connectivity index (χ4v) is 1.87. The minimum Gasteiger partial charge on any atom is -0.393 e. The van der Waals surface area contributed by atoms with Crippen molar-refractivity contribution < 1.29 is 5.11 Å². The van der Waals surface area contributed by atoms with Gasteiger partial charge < -0.3 is 5.11 Å². The zero-order chi connectivity index (χ0) is 11.8. The summed E-state index contributed by atoms with van der Waals surface area (Å²) in [6.07, 6.45) is 10.2. The number of hydrogen-bond donors (Lipinski definition) is 1. The van der Waals surface area contributed by atoms with Crippen LogP contribution in [0.1, 0.15) is 51.5 Å². The van der Waals surface area contributed by atoms with Crippen molar-refractivity contribution in [3.63, 3.8) is 0 Å². The molecular formula is C13H24N2O. The average molecular weight is 224 g/mol. The van der Waals surface area contributed by atoms with Gasteiger partial charge in [0.25, 0.3) is 0 Å². The van der Waals surface area contributed by atoms with Gasteiger partial charge >= 0.3 is 0 Å². The van der Waals surface area contributed by atoms with Crippen LogP contribution >= 0.6 is 0 Å². The normalized spacial score (nSPS) is 12.9. The second kappa shape index (κ2) is 7.44. The lowest BCUT2D eigenvalue weighted by atomic mass is 10.0. The summed E-state index contributed by atoms with van der Waals surface area (Å²) in [5.41, 5.74) is 1.14. The molecule has 0 aliphatic rings. The van der Waals surface area contributed by atoms with E-state index in [1.54, 1.807) is 0 Å². The minimum atomic E-state index is -0.202. The van der Waals surface area contributed by atoms with Crippen molar-refractivity contribution in [3.8, 4) is 0 Å². The van der Waals surface area contributed by atoms with Crippen molar-refractivity contribution in [1.29, 1.82) is 0 Å². The van der Waals surface area contributed by atoms with Crippen LogP contribution in [-0.2, 0) is 13.0 Å². The molecule has 0 aromatic carbocycles. The van der Waals surface area contributed by atoms with Gasteiger partial charge in [-0.15, -0.1) is 0 Å². The lowest BCUT2D eigenvalue weighted by molar-refractivity contribution is 0.161. The smallest absolute Gasteiger partial charge is 0.0581 e. The largest absolute Gasteiger partial charge is 0.393 e. The number of aromatic nitrogens is 2. The third-order valence-corrected chi connectivity index (χ3v) is 2.87. The molecular weight excluding hydrogens is 200 g/mol. The molecule has 3 nitrogen and oxygen atoms in total. The summed E-state index contributed by atoms with van der Waals surface area (Å²) in [5.74, 6) is 0. The van der Waals surface area contributed by atoms with Gasteiger partial charge in [-0.25, -0.2) is 0 Å². The van der Waals surface area contributed by atoms with Crippen molar-refractivity contribution >= 4 is 0 Å². The molecule has 1 aromatic rings. The first-order valence-corrected chi connectivity index (χ1v) is 6.45. The Morgan fingerprint density at radius 1 is 1.31 bits per heavy atom. The van der Waals surface area contributed by atoms with E-state index in [0.717, 1.165) is 31.4 Å². The molecule has 1 rings (SSSR count). The van der Waals surface area contributed by atoms with Crippen LogP contribution in [0.25, 0.3) is 0 Å². The molecule has 3 heteroatoms. The standard InChI is InChI=1S/C13H24N2O/c1-3-5-6-7-8-13(16)9-12-10-14-15(4-2)11-12/h10-11,13,16H,3-9H2,1-2H3. The molecule has 1 N–H and O–H groups in total. The molecule has 0 saturated carbocycles. The van der Waals surface area contributed by atoms with Crippen LogP contribution in [0.15, 0.2) is 12.4 Å². The number of aliphatic hydroxyl groups excluding tert-OH is 1. The molecule has 0 amide bonds. The number of rotatable bonds is 8. The van der Waals surface area contributed by atoms with Crippen LogP contribution in [0.3, 0.4) is 0 Å². The first kappa shape index (κ1) is 13.2. The third-order valence-electron chi connectivity index (χ3n) is 2.87. The Morgan fingerprint density at radius 3 is 2.75 bits per heavy atom. The Morgan fingerprint density at radius 2 is 2.12 bits per heavy atom. The van der Waals surface area contributed by atoms with Crippen LogP contribution in [0.5, 0.6) is 0 Å². The second-order valence-electron chi connectivity index (χ2n) is 4.41. The molecule has 0 fully saturated rings. The first-order valence-electron chi connectivity index (χ1n) is 6.45. The van der Waals surface area contributed by atoms with Crippen LogP contribution < -0.4 is 0 Å². The summed E-state index contributed by atoms with van der Waals surface area (Å²) >= 11 is 0. The molecule has 1 aromatic heterocycles. The Labute approximate surface area is 98.5 Å². The molecule has 0 saturated heterocycles. The van der Waals surface area contributed by atoms with E-state index in [4.69, 9.17) is 0 Å². The number of aryl methyl sites for hydroxylation is 1. The van der Waals surface area contributed by atoms with Crippen molar-refractivity contribution in [2.45, 2.75) is 65.0 Å². The van der Waals surface area contributed by atoms with Gasteiger partial charge in [0.05, 0.1) is 12.3 Å².